The molecule has 0 aromatic rings. The maximum absolute atomic E-state index is 7.19. The van der Waals surface area contributed by atoms with E-state index in [1.165, 1.54) is 12.8 Å². The highest BCUT2D eigenvalue weighted by Gasteiger charge is 2.28. The van der Waals surface area contributed by atoms with Gasteiger partial charge in [-0.3, -0.25) is 0 Å². The molecule has 3 unspecified atom stereocenters. The summed E-state index contributed by atoms with van der Waals surface area (Å²) in [5.74, 6) is 2.40. The summed E-state index contributed by atoms with van der Waals surface area (Å²) >= 11 is 0. The number of rotatable bonds is 2. The molecular weight excluding hydrogens is 120 g/mol. The van der Waals surface area contributed by atoms with Gasteiger partial charge in [0.1, 0.15) is 0 Å². The minimum atomic E-state index is 0.586. The Morgan fingerprint density at radius 2 is 2.10 bits per heavy atom. The zero-order valence-electron chi connectivity index (χ0n) is 8.97. The molecule has 0 saturated heterocycles. The highest BCUT2D eigenvalue weighted by molar-refractivity contribution is 4.79. The molecule has 1 aliphatic carbocycles. The zero-order chi connectivity index (χ0) is 8.97. The Kier molecular flexibility index (Phi) is 1.92. The van der Waals surface area contributed by atoms with E-state index in [0.29, 0.717) is 13.8 Å². The van der Waals surface area contributed by atoms with Gasteiger partial charge < -0.3 is 0 Å². The van der Waals surface area contributed by atoms with Crippen molar-refractivity contribution in [2.75, 3.05) is 0 Å². The van der Waals surface area contributed by atoms with Crippen LogP contribution in [0.1, 0.15) is 49.1 Å². The van der Waals surface area contributed by atoms with Crippen LogP contribution in [0.5, 0.6) is 0 Å². The van der Waals surface area contributed by atoms with E-state index in [2.05, 4.69) is 6.92 Å². The lowest BCUT2D eigenvalue weighted by molar-refractivity contribution is 0.406. The van der Waals surface area contributed by atoms with E-state index in [-0.39, 0.29) is 0 Å². The fraction of sp³-hybridized carbons (Fsp3) is 1.00. The molecular formula is C10H20. The molecule has 0 N–H and O–H groups in total. The molecule has 3 atom stereocenters. The van der Waals surface area contributed by atoms with Gasteiger partial charge in [-0.05, 0) is 30.6 Å². The van der Waals surface area contributed by atoms with E-state index in [9.17, 15) is 0 Å². The first-order valence-electron chi connectivity index (χ1n) is 5.77. The maximum atomic E-state index is 7.19. The van der Waals surface area contributed by atoms with Crippen LogP contribution in [-0.2, 0) is 0 Å². The molecule has 60 valence electrons. The minimum absolute atomic E-state index is 0.586. The van der Waals surface area contributed by atoms with Crippen LogP contribution in [0.25, 0.3) is 0 Å². The molecule has 1 fully saturated rings. The van der Waals surface area contributed by atoms with Gasteiger partial charge in [-0.25, -0.2) is 0 Å². The van der Waals surface area contributed by atoms with Crippen LogP contribution < -0.4 is 0 Å². The summed E-state index contributed by atoms with van der Waals surface area (Å²) < 4.78 is 14.4. The smallest absolute Gasteiger partial charge is 0.0230 e. The highest BCUT2D eigenvalue weighted by Crippen LogP contribution is 2.39. The summed E-state index contributed by atoms with van der Waals surface area (Å²) in [5.41, 5.74) is 0. The molecule has 0 heteroatoms. The van der Waals surface area contributed by atoms with Gasteiger partial charge >= 0.3 is 0 Å². The Morgan fingerprint density at radius 3 is 2.80 bits per heavy atom. The van der Waals surface area contributed by atoms with Crippen molar-refractivity contribution in [3.05, 3.63) is 0 Å². The highest BCUT2D eigenvalue weighted by atomic mass is 14.3. The van der Waals surface area contributed by atoms with Crippen LogP contribution in [0.4, 0.5) is 0 Å². The predicted octanol–water partition coefficient (Wildman–Crippen LogP) is 3.47. The molecule has 0 radical (unpaired) electrons. The van der Waals surface area contributed by atoms with Gasteiger partial charge in [0.2, 0.25) is 0 Å². The van der Waals surface area contributed by atoms with Gasteiger partial charge in [-0.2, -0.15) is 0 Å². The Bertz CT molecular complexity index is 125. The standard InChI is InChI=1S/C10H20/c1-4-9-6-8(3)10(5-2)7-9/h8-10H,4-7H2,1-3H3/i1T,2T. The van der Waals surface area contributed by atoms with Crippen LogP contribution in [0.15, 0.2) is 0 Å². The van der Waals surface area contributed by atoms with Gasteiger partial charge in [0.05, 0.1) is 0 Å². The van der Waals surface area contributed by atoms with Gasteiger partial charge in [0.25, 0.3) is 0 Å². The van der Waals surface area contributed by atoms with Crippen LogP contribution in [-0.4, -0.2) is 0 Å². The maximum Gasteiger partial charge on any atom is 0.0230 e. The zero-order valence-corrected chi connectivity index (χ0v) is 6.97. The number of hydrogen-bond acceptors (Lipinski definition) is 0. The van der Waals surface area contributed by atoms with Crippen LogP contribution in [0, 0.1) is 17.8 Å². The summed E-state index contributed by atoms with van der Waals surface area (Å²) in [7, 11) is 0. The van der Waals surface area contributed by atoms with Crippen LogP contribution >= 0.6 is 0 Å². The molecule has 0 nitrogen and oxygen atoms in total. The topological polar surface area (TPSA) is 0 Å². The third kappa shape index (κ3) is 1.53. The van der Waals surface area contributed by atoms with Crippen molar-refractivity contribution in [1.29, 1.82) is 0 Å². The van der Waals surface area contributed by atoms with Gasteiger partial charge in [0, 0.05) is 2.74 Å². The van der Waals surface area contributed by atoms with Crippen LogP contribution in [0.3, 0.4) is 0 Å². The minimum Gasteiger partial charge on any atom is -0.0651 e. The molecule has 0 aromatic carbocycles. The van der Waals surface area contributed by atoms with E-state index in [4.69, 9.17) is 2.74 Å². The van der Waals surface area contributed by atoms with Crippen molar-refractivity contribution in [2.24, 2.45) is 17.8 Å². The lowest BCUT2D eigenvalue weighted by Crippen LogP contribution is -2.00. The van der Waals surface area contributed by atoms with Gasteiger partial charge in [-0.15, -0.1) is 0 Å². The molecule has 0 heterocycles. The molecule has 10 heavy (non-hydrogen) atoms. The average molecular weight is 144 g/mol. The predicted molar refractivity (Wildman–Crippen MR) is 46.0 cm³/mol. The van der Waals surface area contributed by atoms with Gasteiger partial charge in [-0.1, -0.05) is 33.6 Å². The fourth-order valence-corrected chi connectivity index (χ4v) is 2.11. The quantitative estimate of drug-likeness (QED) is 0.556. The molecule has 0 aromatic heterocycles. The lowest BCUT2D eigenvalue weighted by Gasteiger charge is -2.10. The van der Waals surface area contributed by atoms with Crippen molar-refractivity contribution < 1.29 is 2.74 Å². The SMILES string of the molecule is [3H]CCC1CC(C)C(CC[3H])C1. The first kappa shape index (κ1) is 5.62. The van der Waals surface area contributed by atoms with Gasteiger partial charge in [0.15, 0.2) is 0 Å². The second-order valence-electron chi connectivity index (χ2n) is 3.65. The fourth-order valence-electron chi connectivity index (χ4n) is 2.11. The van der Waals surface area contributed by atoms with Crippen molar-refractivity contribution in [1.82, 2.24) is 0 Å². The van der Waals surface area contributed by atoms with Crippen molar-refractivity contribution >= 4 is 0 Å². The lowest BCUT2D eigenvalue weighted by atomic mass is 9.96. The van der Waals surface area contributed by atoms with Crippen LogP contribution in [0.2, 0.25) is 0 Å². The molecule has 0 aliphatic heterocycles. The second kappa shape index (κ2) is 3.41. The normalized spacial score (nSPS) is 43.1. The third-order valence-electron chi connectivity index (χ3n) is 2.92. The summed E-state index contributed by atoms with van der Waals surface area (Å²) in [5, 5.41) is 0. The second-order valence-corrected chi connectivity index (χ2v) is 3.65. The first-order chi connectivity index (χ1) is 5.77. The average Bonchev–Trinajstić information content (AvgIpc) is 2.34. The first-order valence-corrected chi connectivity index (χ1v) is 4.36. The monoisotopic (exact) mass is 144 g/mol. The Labute approximate surface area is 67.8 Å². The van der Waals surface area contributed by atoms with Crippen molar-refractivity contribution in [2.45, 2.75) is 46.4 Å². The molecule has 0 bridgehead atoms. The molecule has 1 saturated carbocycles. The summed E-state index contributed by atoms with van der Waals surface area (Å²) in [6, 6.07) is 0. The third-order valence-corrected chi connectivity index (χ3v) is 2.92. The number of hydrogen-bond donors (Lipinski definition) is 0. The van der Waals surface area contributed by atoms with E-state index in [1.54, 1.807) is 0 Å². The summed E-state index contributed by atoms with van der Waals surface area (Å²) in [4.78, 5) is 0. The summed E-state index contributed by atoms with van der Waals surface area (Å²) in [6.45, 7) is 3.48. The Morgan fingerprint density at radius 1 is 1.30 bits per heavy atom. The molecule has 0 amide bonds. The van der Waals surface area contributed by atoms with Crippen molar-refractivity contribution in [3.63, 3.8) is 0 Å². The van der Waals surface area contributed by atoms with E-state index in [1.807, 2.05) is 0 Å². The molecule has 1 aliphatic rings. The Balaban J connectivity index is 2.29. The summed E-state index contributed by atoms with van der Waals surface area (Å²) in [6.07, 6.45) is 4.76. The van der Waals surface area contributed by atoms with E-state index in [0.717, 1.165) is 30.6 Å². The largest absolute Gasteiger partial charge is 0.0651 e. The van der Waals surface area contributed by atoms with Crippen molar-refractivity contribution in [3.8, 4) is 0 Å². The Hall–Kier alpha value is 0. The van der Waals surface area contributed by atoms with E-state index < -0.39 is 0 Å². The molecule has 0 spiro atoms. The molecule has 1 rings (SSSR count). The van der Waals surface area contributed by atoms with E-state index >= 15 is 0 Å².